The maximum Gasteiger partial charge on any atom is 0.123 e. The van der Waals surface area contributed by atoms with Crippen LogP contribution in [0.1, 0.15) is 11.1 Å². The molecule has 1 saturated heterocycles. The number of nitrogens with zero attached hydrogens (tertiary/aromatic N) is 1. The molecule has 5 nitrogen and oxygen atoms in total. The molecule has 1 aliphatic rings. The van der Waals surface area contributed by atoms with Gasteiger partial charge in [-0.15, -0.1) is 0 Å². The van der Waals surface area contributed by atoms with Crippen LogP contribution in [0.2, 0.25) is 0 Å². The van der Waals surface area contributed by atoms with E-state index in [-0.39, 0.29) is 24.0 Å². The van der Waals surface area contributed by atoms with Gasteiger partial charge in [0.05, 0.1) is 6.10 Å². The highest BCUT2D eigenvalue weighted by atomic mass is 127. The summed E-state index contributed by atoms with van der Waals surface area (Å²) in [5.74, 6) is 0.0432. The van der Waals surface area contributed by atoms with Crippen molar-refractivity contribution in [3.05, 3.63) is 23.3 Å². The first-order valence-electron chi connectivity index (χ1n) is 6.16. The zero-order valence-corrected chi connectivity index (χ0v) is 12.6. The number of aliphatic hydroxyl groups excluding tert-OH is 2. The molecule has 4 N–H and O–H groups in total. The van der Waals surface area contributed by atoms with Crippen LogP contribution in [0.25, 0.3) is 0 Å². The van der Waals surface area contributed by atoms with Gasteiger partial charge in [-0.3, -0.25) is 4.90 Å². The SMILES string of the molecule is OCC1CN(Cc2cc(CI)c(O)cc2O)CC1O. The molecule has 1 heterocycles. The smallest absolute Gasteiger partial charge is 0.123 e. The molecule has 2 atom stereocenters. The van der Waals surface area contributed by atoms with Crippen LogP contribution in [0, 0.1) is 5.92 Å². The van der Waals surface area contributed by atoms with Crippen molar-refractivity contribution in [3.8, 4) is 11.5 Å². The number of alkyl halides is 1. The van der Waals surface area contributed by atoms with Crippen LogP contribution >= 0.6 is 22.6 Å². The van der Waals surface area contributed by atoms with Crippen molar-refractivity contribution in [2.24, 2.45) is 5.92 Å². The van der Waals surface area contributed by atoms with Crippen molar-refractivity contribution >= 4 is 22.6 Å². The van der Waals surface area contributed by atoms with E-state index in [1.807, 2.05) is 4.90 Å². The Hall–Kier alpha value is -0.570. The van der Waals surface area contributed by atoms with E-state index < -0.39 is 6.10 Å². The Labute approximate surface area is 125 Å². The molecule has 0 aliphatic carbocycles. The third kappa shape index (κ3) is 3.31. The van der Waals surface area contributed by atoms with Crippen LogP contribution in [0.5, 0.6) is 11.5 Å². The Kier molecular flexibility index (Phi) is 4.88. The van der Waals surface area contributed by atoms with Gasteiger partial charge in [-0.05, 0) is 6.07 Å². The molecule has 1 aromatic rings. The molecule has 1 aromatic carbocycles. The molecule has 0 bridgehead atoms. The van der Waals surface area contributed by atoms with Crippen LogP contribution in [0.3, 0.4) is 0 Å². The van der Waals surface area contributed by atoms with E-state index in [9.17, 15) is 15.3 Å². The number of hydrogen-bond donors (Lipinski definition) is 4. The van der Waals surface area contributed by atoms with Gasteiger partial charge in [-0.2, -0.15) is 0 Å². The van der Waals surface area contributed by atoms with Crippen molar-refractivity contribution in [3.63, 3.8) is 0 Å². The van der Waals surface area contributed by atoms with Gasteiger partial charge >= 0.3 is 0 Å². The number of aliphatic hydroxyl groups is 2. The summed E-state index contributed by atoms with van der Waals surface area (Å²) in [4.78, 5) is 1.99. The zero-order valence-electron chi connectivity index (χ0n) is 10.5. The van der Waals surface area contributed by atoms with E-state index in [1.165, 1.54) is 6.07 Å². The Bertz CT molecular complexity index is 455. The van der Waals surface area contributed by atoms with Crippen molar-refractivity contribution in [1.29, 1.82) is 0 Å². The summed E-state index contributed by atoms with van der Waals surface area (Å²) in [7, 11) is 0. The molecule has 0 amide bonds. The summed E-state index contributed by atoms with van der Waals surface area (Å²) < 4.78 is 0.665. The number of rotatable bonds is 4. The molecule has 19 heavy (non-hydrogen) atoms. The Morgan fingerprint density at radius 1 is 1.16 bits per heavy atom. The first-order chi connectivity index (χ1) is 9.05. The molecule has 0 aromatic heterocycles. The number of β-amino-alcohol motifs (C(OH)–C–C–N with tert-alkyl or cyclic N) is 1. The lowest BCUT2D eigenvalue weighted by molar-refractivity contribution is 0.103. The number of phenols is 2. The molecule has 6 heteroatoms. The lowest BCUT2D eigenvalue weighted by Gasteiger charge is -2.17. The van der Waals surface area contributed by atoms with E-state index in [4.69, 9.17) is 5.11 Å². The van der Waals surface area contributed by atoms with Gasteiger partial charge in [0.1, 0.15) is 11.5 Å². The fourth-order valence-electron chi connectivity index (χ4n) is 2.40. The zero-order chi connectivity index (χ0) is 14.0. The Morgan fingerprint density at radius 3 is 2.42 bits per heavy atom. The van der Waals surface area contributed by atoms with Crippen LogP contribution < -0.4 is 0 Å². The predicted octanol–water partition coefficient (Wildman–Crippen LogP) is 0.818. The largest absolute Gasteiger partial charge is 0.508 e. The predicted molar refractivity (Wildman–Crippen MR) is 79.4 cm³/mol. The second-order valence-corrected chi connectivity index (χ2v) is 5.71. The van der Waals surface area contributed by atoms with Crippen LogP contribution in [0.4, 0.5) is 0 Å². The first kappa shape index (κ1) is 14.8. The highest BCUT2D eigenvalue weighted by molar-refractivity contribution is 14.1. The van der Waals surface area contributed by atoms with E-state index in [1.54, 1.807) is 6.07 Å². The van der Waals surface area contributed by atoms with E-state index in [0.717, 1.165) is 11.1 Å². The molecule has 0 spiro atoms. The molecular formula is C13H18INO4. The van der Waals surface area contributed by atoms with E-state index in [0.29, 0.717) is 24.1 Å². The summed E-state index contributed by atoms with van der Waals surface area (Å²) in [5, 5.41) is 38.4. The molecular weight excluding hydrogens is 361 g/mol. The number of halogens is 1. The van der Waals surface area contributed by atoms with Crippen molar-refractivity contribution in [2.75, 3.05) is 19.7 Å². The van der Waals surface area contributed by atoms with Gasteiger partial charge in [0.15, 0.2) is 0 Å². The number of aromatic hydroxyl groups is 2. The van der Waals surface area contributed by atoms with Crippen molar-refractivity contribution in [2.45, 2.75) is 17.1 Å². The summed E-state index contributed by atoms with van der Waals surface area (Å²) in [6.07, 6.45) is -0.520. The van der Waals surface area contributed by atoms with E-state index in [2.05, 4.69) is 22.6 Å². The summed E-state index contributed by atoms with van der Waals surface area (Å²) in [6, 6.07) is 3.15. The highest BCUT2D eigenvalue weighted by Gasteiger charge is 2.30. The van der Waals surface area contributed by atoms with Crippen molar-refractivity contribution in [1.82, 2.24) is 4.90 Å². The maximum atomic E-state index is 9.86. The topological polar surface area (TPSA) is 84.2 Å². The van der Waals surface area contributed by atoms with Gasteiger partial charge in [0.2, 0.25) is 0 Å². The van der Waals surface area contributed by atoms with E-state index >= 15 is 0 Å². The number of benzene rings is 1. The second-order valence-electron chi connectivity index (χ2n) is 4.95. The molecule has 1 fully saturated rings. The standard InChI is InChI=1S/C13H18INO4/c14-3-8-1-9(12(18)2-11(8)17)4-15-5-10(7-16)13(19)6-15/h1-2,10,13,16-19H,3-7H2. The first-order valence-corrected chi connectivity index (χ1v) is 7.68. The summed E-state index contributed by atoms with van der Waals surface area (Å²) in [5.41, 5.74) is 1.52. The highest BCUT2D eigenvalue weighted by Crippen LogP contribution is 2.31. The molecule has 2 unspecified atom stereocenters. The monoisotopic (exact) mass is 379 g/mol. The Morgan fingerprint density at radius 2 is 1.84 bits per heavy atom. The lowest BCUT2D eigenvalue weighted by Crippen LogP contribution is -2.21. The van der Waals surface area contributed by atoms with Crippen LogP contribution in [0.15, 0.2) is 12.1 Å². The molecule has 0 saturated carbocycles. The van der Waals surface area contributed by atoms with Gasteiger partial charge in [-0.25, -0.2) is 0 Å². The average molecular weight is 379 g/mol. The number of likely N-dealkylation sites (tertiary alicyclic amines) is 1. The third-order valence-electron chi connectivity index (χ3n) is 3.53. The van der Waals surface area contributed by atoms with Crippen LogP contribution in [-0.2, 0) is 11.0 Å². The fraction of sp³-hybridized carbons (Fsp3) is 0.538. The molecule has 106 valence electrons. The van der Waals surface area contributed by atoms with Gasteiger partial charge in [0.25, 0.3) is 0 Å². The minimum Gasteiger partial charge on any atom is -0.508 e. The lowest BCUT2D eigenvalue weighted by atomic mass is 10.1. The number of phenolic OH excluding ortho intramolecular Hbond substituents is 2. The van der Waals surface area contributed by atoms with Crippen LogP contribution in [-0.4, -0.2) is 51.1 Å². The second kappa shape index (κ2) is 6.25. The van der Waals surface area contributed by atoms with Crippen molar-refractivity contribution < 1.29 is 20.4 Å². The number of hydrogen-bond acceptors (Lipinski definition) is 5. The maximum absolute atomic E-state index is 9.86. The summed E-state index contributed by atoms with van der Waals surface area (Å²) in [6.45, 7) is 1.57. The van der Waals surface area contributed by atoms with Gasteiger partial charge in [-0.1, -0.05) is 22.6 Å². The average Bonchev–Trinajstić information content (AvgIpc) is 2.73. The Balaban J connectivity index is 2.11. The minimum absolute atomic E-state index is 0.0295. The molecule has 0 radical (unpaired) electrons. The fourth-order valence-corrected chi connectivity index (χ4v) is 3.01. The van der Waals surface area contributed by atoms with Gasteiger partial charge < -0.3 is 20.4 Å². The minimum atomic E-state index is -0.520. The molecule has 1 aliphatic heterocycles. The third-order valence-corrected chi connectivity index (χ3v) is 4.36. The molecule has 2 rings (SSSR count). The summed E-state index contributed by atoms with van der Waals surface area (Å²) >= 11 is 2.16. The normalized spacial score (nSPS) is 23.9. The van der Waals surface area contributed by atoms with Gasteiger partial charge in [0, 0.05) is 53.8 Å². The quantitative estimate of drug-likeness (QED) is 0.460.